The molecule has 0 saturated heterocycles. The number of para-hydroxylation sites is 2. The first kappa shape index (κ1) is 27.0. The Hall–Kier alpha value is -5.95. The van der Waals surface area contributed by atoms with Crippen LogP contribution in [0.3, 0.4) is 0 Å². The minimum absolute atomic E-state index is 0.858. The van der Waals surface area contributed by atoms with Crippen molar-refractivity contribution in [3.63, 3.8) is 0 Å². The highest BCUT2D eigenvalue weighted by Crippen LogP contribution is 2.45. The molecule has 49 heavy (non-hydrogen) atoms. The van der Waals surface area contributed by atoms with Crippen molar-refractivity contribution in [3.8, 4) is 10.6 Å². The molecule has 11 aromatic rings. The standard InChI is InChI=1S/C43H24N2O2S2/c1-2-8-25(9-3-1)43-44-42-39(49-43)21-20-38-41(42)33-19-16-28(24-40(33)48-38)45(26-14-17-31-29-10-4-6-12-34(29)46-36(31)22-26)27-15-18-32-30-11-5-7-13-35(30)47-37(32)23-27/h1-24H. The zero-order chi connectivity index (χ0) is 32.1. The summed E-state index contributed by atoms with van der Waals surface area (Å²) in [6.07, 6.45) is 0. The quantitative estimate of drug-likeness (QED) is 0.188. The highest BCUT2D eigenvalue weighted by molar-refractivity contribution is 7.26. The molecular formula is C43H24N2O2S2. The van der Waals surface area contributed by atoms with E-state index in [4.69, 9.17) is 13.8 Å². The predicted octanol–water partition coefficient (Wildman–Crippen LogP) is 13.6. The SMILES string of the molecule is c1ccc(-c2nc3c(ccc4sc5cc(N(c6ccc7c(c6)oc6ccccc67)c6ccc7c(c6)oc6ccccc67)ccc5c43)s2)cc1. The first-order valence-electron chi connectivity index (χ1n) is 16.2. The Morgan fingerprint density at radius 3 is 1.65 bits per heavy atom. The van der Waals surface area contributed by atoms with Crippen LogP contribution in [0.4, 0.5) is 17.1 Å². The number of furan rings is 2. The van der Waals surface area contributed by atoms with Crippen molar-refractivity contribution in [2.45, 2.75) is 0 Å². The second-order valence-corrected chi connectivity index (χ2v) is 14.5. The highest BCUT2D eigenvalue weighted by Gasteiger charge is 2.20. The van der Waals surface area contributed by atoms with Crippen molar-refractivity contribution in [3.05, 3.63) is 146 Å². The van der Waals surface area contributed by atoms with E-state index in [1.165, 1.54) is 24.9 Å². The van der Waals surface area contributed by atoms with E-state index >= 15 is 0 Å². The lowest BCUT2D eigenvalue weighted by molar-refractivity contribution is 0.669. The summed E-state index contributed by atoms with van der Waals surface area (Å²) in [5.41, 5.74) is 8.80. The van der Waals surface area contributed by atoms with Gasteiger partial charge in [-0.2, -0.15) is 0 Å². The Bertz CT molecular complexity index is 2960. The van der Waals surface area contributed by atoms with Gasteiger partial charge in [-0.05, 0) is 60.7 Å². The van der Waals surface area contributed by atoms with Crippen molar-refractivity contribution in [1.82, 2.24) is 4.98 Å². The Morgan fingerprint density at radius 1 is 0.429 bits per heavy atom. The van der Waals surface area contributed by atoms with Crippen molar-refractivity contribution >= 4 is 114 Å². The number of nitrogens with zero attached hydrogens (tertiary/aromatic N) is 2. The van der Waals surface area contributed by atoms with E-state index in [1.807, 2.05) is 41.7 Å². The number of thiophene rings is 1. The molecule has 6 heteroatoms. The molecule has 0 aliphatic rings. The summed E-state index contributed by atoms with van der Waals surface area (Å²) >= 11 is 3.57. The van der Waals surface area contributed by atoms with Gasteiger partial charge in [-0.25, -0.2) is 4.98 Å². The van der Waals surface area contributed by atoms with E-state index in [0.717, 1.165) is 77.0 Å². The van der Waals surface area contributed by atoms with E-state index in [0.29, 0.717) is 0 Å². The van der Waals surface area contributed by atoms with Crippen molar-refractivity contribution in [1.29, 1.82) is 0 Å². The molecule has 0 N–H and O–H groups in total. The van der Waals surface area contributed by atoms with Crippen LogP contribution in [0, 0.1) is 0 Å². The third-order valence-corrected chi connectivity index (χ3v) is 11.7. The molecule has 0 unspecified atom stereocenters. The average molecular weight is 665 g/mol. The molecule has 0 atom stereocenters. The maximum absolute atomic E-state index is 6.36. The molecule has 0 fully saturated rings. The fourth-order valence-corrected chi connectivity index (χ4v) is 9.36. The van der Waals surface area contributed by atoms with Gasteiger partial charge < -0.3 is 13.7 Å². The fraction of sp³-hybridized carbons (Fsp3) is 0. The molecule has 4 aromatic heterocycles. The van der Waals surface area contributed by atoms with E-state index in [9.17, 15) is 0 Å². The maximum atomic E-state index is 6.36. The molecule has 0 aliphatic heterocycles. The smallest absolute Gasteiger partial charge is 0.137 e. The number of fused-ring (bicyclic) bond motifs is 11. The van der Waals surface area contributed by atoms with Crippen LogP contribution in [-0.2, 0) is 0 Å². The molecule has 0 bridgehead atoms. The van der Waals surface area contributed by atoms with Crippen molar-refractivity contribution in [2.24, 2.45) is 0 Å². The fourth-order valence-electron chi connectivity index (χ4n) is 7.24. The summed E-state index contributed by atoms with van der Waals surface area (Å²) in [6.45, 7) is 0. The van der Waals surface area contributed by atoms with Gasteiger partial charge in [0.1, 0.15) is 27.3 Å². The van der Waals surface area contributed by atoms with E-state index in [1.54, 1.807) is 11.3 Å². The minimum atomic E-state index is 0.858. The molecule has 0 saturated carbocycles. The third kappa shape index (κ3) is 4.11. The molecular weight excluding hydrogens is 641 g/mol. The van der Waals surface area contributed by atoms with E-state index in [-0.39, 0.29) is 0 Å². The number of hydrogen-bond acceptors (Lipinski definition) is 6. The summed E-state index contributed by atoms with van der Waals surface area (Å²) in [5.74, 6) is 0. The lowest BCUT2D eigenvalue weighted by Crippen LogP contribution is -2.09. The van der Waals surface area contributed by atoms with Gasteiger partial charge in [0.15, 0.2) is 0 Å². The van der Waals surface area contributed by atoms with Crippen LogP contribution in [-0.4, -0.2) is 4.98 Å². The predicted molar refractivity (Wildman–Crippen MR) is 207 cm³/mol. The molecule has 4 heterocycles. The molecule has 0 amide bonds. The van der Waals surface area contributed by atoms with Crippen molar-refractivity contribution < 1.29 is 8.83 Å². The number of aromatic nitrogens is 1. The van der Waals surface area contributed by atoms with Crippen LogP contribution in [0.5, 0.6) is 0 Å². The Balaban J connectivity index is 1.11. The van der Waals surface area contributed by atoms with Gasteiger partial charge in [-0.1, -0.05) is 72.8 Å². The van der Waals surface area contributed by atoms with E-state index in [2.05, 4.69) is 120 Å². The number of thiazole rings is 1. The van der Waals surface area contributed by atoms with Crippen molar-refractivity contribution in [2.75, 3.05) is 4.90 Å². The van der Waals surface area contributed by atoms with Gasteiger partial charge in [0.25, 0.3) is 0 Å². The molecule has 11 rings (SSSR count). The Kier molecular flexibility index (Phi) is 5.67. The molecule has 7 aromatic carbocycles. The second-order valence-electron chi connectivity index (χ2n) is 12.3. The van der Waals surface area contributed by atoms with Crippen LogP contribution < -0.4 is 4.90 Å². The normalized spacial score (nSPS) is 12.1. The van der Waals surface area contributed by atoms with Crippen LogP contribution in [0.15, 0.2) is 154 Å². The minimum Gasteiger partial charge on any atom is -0.456 e. The molecule has 230 valence electrons. The van der Waals surface area contributed by atoms with E-state index < -0.39 is 0 Å². The van der Waals surface area contributed by atoms with Crippen LogP contribution in [0.2, 0.25) is 0 Å². The van der Waals surface area contributed by atoms with Crippen LogP contribution in [0.25, 0.3) is 84.8 Å². The van der Waals surface area contributed by atoms with Crippen LogP contribution in [0.1, 0.15) is 0 Å². The number of benzene rings is 7. The third-order valence-electron chi connectivity index (χ3n) is 9.50. The first-order valence-corrected chi connectivity index (χ1v) is 17.8. The van der Waals surface area contributed by atoms with Gasteiger partial charge in [-0.3, -0.25) is 0 Å². The van der Waals surface area contributed by atoms with Gasteiger partial charge in [-0.15, -0.1) is 22.7 Å². The maximum Gasteiger partial charge on any atom is 0.137 e. The zero-order valence-electron chi connectivity index (χ0n) is 25.9. The summed E-state index contributed by atoms with van der Waals surface area (Å²) in [7, 11) is 0. The van der Waals surface area contributed by atoms with Gasteiger partial charge in [0.2, 0.25) is 0 Å². The van der Waals surface area contributed by atoms with Gasteiger partial charge in [0.05, 0.1) is 10.2 Å². The number of anilines is 3. The Labute approximate surface area is 287 Å². The summed E-state index contributed by atoms with van der Waals surface area (Å²) in [4.78, 5) is 7.47. The Morgan fingerprint density at radius 2 is 0.980 bits per heavy atom. The largest absolute Gasteiger partial charge is 0.456 e. The summed E-state index contributed by atoms with van der Waals surface area (Å²) < 4.78 is 16.4. The van der Waals surface area contributed by atoms with Gasteiger partial charge in [0, 0.05) is 76.5 Å². The molecule has 4 nitrogen and oxygen atoms in total. The number of rotatable bonds is 4. The molecule has 0 radical (unpaired) electrons. The highest BCUT2D eigenvalue weighted by atomic mass is 32.1. The molecule has 0 aliphatic carbocycles. The monoisotopic (exact) mass is 664 g/mol. The summed E-state index contributed by atoms with van der Waals surface area (Å²) in [5, 5.41) is 7.95. The zero-order valence-corrected chi connectivity index (χ0v) is 27.5. The summed E-state index contributed by atoms with van der Waals surface area (Å²) in [6, 6.07) is 51.2. The number of hydrogen-bond donors (Lipinski definition) is 0. The average Bonchev–Trinajstić information content (AvgIpc) is 3.92. The molecule has 0 spiro atoms. The lowest BCUT2D eigenvalue weighted by atomic mass is 10.1. The van der Waals surface area contributed by atoms with Crippen LogP contribution >= 0.6 is 22.7 Å². The second kappa shape index (κ2) is 10.3. The lowest BCUT2D eigenvalue weighted by Gasteiger charge is -2.25. The first-order chi connectivity index (χ1) is 24.2. The van der Waals surface area contributed by atoms with Gasteiger partial charge >= 0.3 is 0 Å². The topological polar surface area (TPSA) is 42.4 Å².